The van der Waals surface area contributed by atoms with Crippen LogP contribution in [0.3, 0.4) is 0 Å². The maximum Gasteiger partial charge on any atom is 0.232 e. The predicted octanol–water partition coefficient (Wildman–Crippen LogP) is 3.21. The molecule has 0 aliphatic carbocycles. The van der Waals surface area contributed by atoms with Crippen molar-refractivity contribution in [1.82, 2.24) is 0 Å². The zero-order valence-corrected chi connectivity index (χ0v) is 17.0. The van der Waals surface area contributed by atoms with Gasteiger partial charge in [0, 0.05) is 25.2 Å². The number of anilines is 2. The molecule has 0 aliphatic heterocycles. The number of ether oxygens (including phenoxy) is 1. The van der Waals surface area contributed by atoms with Crippen LogP contribution in [0.15, 0.2) is 48.5 Å². The Morgan fingerprint density at radius 1 is 1.07 bits per heavy atom. The Labute approximate surface area is 161 Å². The summed E-state index contributed by atoms with van der Waals surface area (Å²) in [5.41, 5.74) is 2.39. The van der Waals surface area contributed by atoms with E-state index >= 15 is 0 Å². The number of rotatable bonds is 8. The molecule has 7 heteroatoms. The first-order chi connectivity index (χ1) is 12.8. The van der Waals surface area contributed by atoms with Crippen LogP contribution in [-0.4, -0.2) is 40.8 Å². The molecule has 0 aromatic heterocycles. The molecule has 146 valence electrons. The number of carbonyl (C=O) groups excluding carboxylic acids is 1. The van der Waals surface area contributed by atoms with Gasteiger partial charge in [0.1, 0.15) is 5.75 Å². The van der Waals surface area contributed by atoms with Crippen molar-refractivity contribution < 1.29 is 17.9 Å². The lowest BCUT2D eigenvalue weighted by atomic mass is 10.2. The van der Waals surface area contributed by atoms with Gasteiger partial charge in [0.25, 0.3) is 0 Å². The van der Waals surface area contributed by atoms with Crippen LogP contribution in [0, 0.1) is 6.92 Å². The molecular formula is C20H26N2O4S. The Morgan fingerprint density at radius 3 is 2.26 bits per heavy atom. The first kappa shape index (κ1) is 20.8. The Morgan fingerprint density at radius 2 is 1.74 bits per heavy atom. The highest BCUT2D eigenvalue weighted by Gasteiger charge is 2.21. The van der Waals surface area contributed by atoms with Crippen LogP contribution in [-0.2, 0) is 14.8 Å². The van der Waals surface area contributed by atoms with Gasteiger partial charge in [-0.3, -0.25) is 9.10 Å². The highest BCUT2D eigenvalue weighted by atomic mass is 32.2. The minimum absolute atomic E-state index is 0.0757. The SMILES string of the molecule is CCN(C(=O)CCN(c1ccc(OC)cc1)S(C)(=O)=O)c1cccc(C)c1. The third-order valence-electron chi connectivity index (χ3n) is 4.22. The molecule has 0 saturated heterocycles. The van der Waals surface area contributed by atoms with Crippen molar-refractivity contribution >= 4 is 27.3 Å². The molecule has 0 bridgehead atoms. The van der Waals surface area contributed by atoms with Crippen LogP contribution < -0.4 is 13.9 Å². The average Bonchev–Trinajstić information content (AvgIpc) is 2.62. The quantitative estimate of drug-likeness (QED) is 0.694. The number of nitrogens with zero attached hydrogens (tertiary/aromatic N) is 2. The maximum absolute atomic E-state index is 12.7. The van der Waals surface area contributed by atoms with Crippen molar-refractivity contribution in [3.63, 3.8) is 0 Å². The van der Waals surface area contributed by atoms with Crippen molar-refractivity contribution in [2.24, 2.45) is 0 Å². The van der Waals surface area contributed by atoms with Gasteiger partial charge in [0.15, 0.2) is 0 Å². The van der Waals surface area contributed by atoms with E-state index in [4.69, 9.17) is 4.74 Å². The molecule has 2 aromatic carbocycles. The molecule has 0 unspecified atom stereocenters. The van der Waals surface area contributed by atoms with Crippen LogP contribution >= 0.6 is 0 Å². The molecule has 0 saturated carbocycles. The van der Waals surface area contributed by atoms with Crippen molar-refractivity contribution in [3.8, 4) is 5.75 Å². The Hall–Kier alpha value is -2.54. The van der Waals surface area contributed by atoms with Gasteiger partial charge in [0.2, 0.25) is 15.9 Å². The van der Waals surface area contributed by atoms with E-state index in [1.165, 1.54) is 4.31 Å². The monoisotopic (exact) mass is 390 g/mol. The lowest BCUT2D eigenvalue weighted by Crippen LogP contribution is -2.37. The normalized spacial score (nSPS) is 11.1. The molecule has 2 rings (SSSR count). The molecule has 0 spiro atoms. The van der Waals surface area contributed by atoms with Gasteiger partial charge in [0.05, 0.1) is 19.1 Å². The molecule has 0 fully saturated rings. The van der Waals surface area contributed by atoms with Gasteiger partial charge in [-0.25, -0.2) is 8.42 Å². The van der Waals surface area contributed by atoms with Crippen LogP contribution in [0.4, 0.5) is 11.4 Å². The van der Waals surface area contributed by atoms with E-state index in [0.29, 0.717) is 18.0 Å². The Balaban J connectivity index is 2.17. The number of benzene rings is 2. The highest BCUT2D eigenvalue weighted by molar-refractivity contribution is 7.92. The van der Waals surface area contributed by atoms with Crippen LogP contribution in [0.25, 0.3) is 0 Å². The number of aryl methyl sites for hydroxylation is 1. The molecule has 0 heterocycles. The molecule has 0 radical (unpaired) electrons. The minimum Gasteiger partial charge on any atom is -0.497 e. The highest BCUT2D eigenvalue weighted by Crippen LogP contribution is 2.22. The first-order valence-corrected chi connectivity index (χ1v) is 10.6. The van der Waals surface area contributed by atoms with E-state index in [0.717, 1.165) is 17.5 Å². The number of amides is 1. The molecule has 27 heavy (non-hydrogen) atoms. The van der Waals surface area contributed by atoms with Gasteiger partial charge >= 0.3 is 0 Å². The Bertz CT molecular complexity index is 879. The van der Waals surface area contributed by atoms with E-state index in [2.05, 4.69) is 0 Å². The molecule has 0 N–H and O–H groups in total. The fraction of sp³-hybridized carbons (Fsp3) is 0.350. The van der Waals surface area contributed by atoms with Crippen molar-refractivity contribution in [2.45, 2.75) is 20.3 Å². The van der Waals surface area contributed by atoms with E-state index in [1.54, 1.807) is 36.3 Å². The minimum atomic E-state index is -3.52. The second-order valence-corrected chi connectivity index (χ2v) is 8.17. The molecular weight excluding hydrogens is 364 g/mol. The third-order valence-corrected chi connectivity index (χ3v) is 5.41. The van der Waals surface area contributed by atoms with E-state index < -0.39 is 10.0 Å². The topological polar surface area (TPSA) is 66.9 Å². The van der Waals surface area contributed by atoms with Crippen LogP contribution in [0.2, 0.25) is 0 Å². The number of methoxy groups -OCH3 is 1. The average molecular weight is 391 g/mol. The second kappa shape index (κ2) is 8.90. The van der Waals surface area contributed by atoms with Gasteiger partial charge in [-0.1, -0.05) is 12.1 Å². The lowest BCUT2D eigenvalue weighted by Gasteiger charge is -2.25. The van der Waals surface area contributed by atoms with Crippen LogP contribution in [0.1, 0.15) is 18.9 Å². The van der Waals surface area contributed by atoms with E-state index in [-0.39, 0.29) is 18.9 Å². The lowest BCUT2D eigenvalue weighted by molar-refractivity contribution is -0.118. The largest absolute Gasteiger partial charge is 0.497 e. The van der Waals surface area contributed by atoms with Gasteiger partial charge < -0.3 is 9.64 Å². The first-order valence-electron chi connectivity index (χ1n) is 8.75. The number of hydrogen-bond acceptors (Lipinski definition) is 4. The maximum atomic E-state index is 12.7. The summed E-state index contributed by atoms with van der Waals surface area (Å²) in [5, 5.41) is 0. The zero-order chi connectivity index (χ0) is 20.0. The summed E-state index contributed by atoms with van der Waals surface area (Å²) < 4.78 is 30.8. The van der Waals surface area contributed by atoms with Crippen molar-refractivity contribution in [1.29, 1.82) is 0 Å². The molecule has 0 aliphatic rings. The smallest absolute Gasteiger partial charge is 0.232 e. The molecule has 2 aromatic rings. The molecule has 1 amide bonds. The summed E-state index contributed by atoms with van der Waals surface area (Å²) in [6.45, 7) is 4.46. The second-order valence-electron chi connectivity index (χ2n) is 6.26. The van der Waals surface area contributed by atoms with E-state index in [1.807, 2.05) is 38.1 Å². The summed E-state index contributed by atoms with van der Waals surface area (Å²) in [6.07, 6.45) is 1.22. The fourth-order valence-electron chi connectivity index (χ4n) is 2.87. The molecule has 0 atom stereocenters. The van der Waals surface area contributed by atoms with Gasteiger partial charge in [-0.2, -0.15) is 0 Å². The zero-order valence-electron chi connectivity index (χ0n) is 16.2. The Kier molecular flexibility index (Phi) is 6.85. The van der Waals surface area contributed by atoms with Crippen LogP contribution in [0.5, 0.6) is 5.75 Å². The van der Waals surface area contributed by atoms with Gasteiger partial charge in [-0.05, 0) is 55.8 Å². The summed E-state index contributed by atoms with van der Waals surface area (Å²) in [7, 11) is -1.97. The fourth-order valence-corrected chi connectivity index (χ4v) is 3.79. The predicted molar refractivity (Wildman–Crippen MR) is 109 cm³/mol. The van der Waals surface area contributed by atoms with Crippen molar-refractivity contribution in [3.05, 3.63) is 54.1 Å². The summed E-state index contributed by atoms with van der Waals surface area (Å²) >= 11 is 0. The summed E-state index contributed by atoms with van der Waals surface area (Å²) in [5.74, 6) is 0.519. The van der Waals surface area contributed by atoms with Gasteiger partial charge in [-0.15, -0.1) is 0 Å². The number of sulfonamides is 1. The summed E-state index contributed by atoms with van der Waals surface area (Å²) in [6, 6.07) is 14.4. The number of carbonyl (C=O) groups is 1. The summed E-state index contributed by atoms with van der Waals surface area (Å²) in [4.78, 5) is 14.4. The van der Waals surface area contributed by atoms with E-state index in [9.17, 15) is 13.2 Å². The third kappa shape index (κ3) is 5.47. The van der Waals surface area contributed by atoms with Crippen molar-refractivity contribution in [2.75, 3.05) is 35.7 Å². The molecule has 6 nitrogen and oxygen atoms in total. The standard InChI is InChI=1S/C20H26N2O4S/c1-5-21(18-8-6-7-16(2)15-18)20(23)13-14-22(27(4,24)25)17-9-11-19(26-3)12-10-17/h6-12,15H,5,13-14H2,1-4H3. The number of hydrogen-bond donors (Lipinski definition) is 0.